The Hall–Kier alpha value is -2.24. The quantitative estimate of drug-likeness (QED) is 0.835. The van der Waals surface area contributed by atoms with Crippen LogP contribution in [0.2, 0.25) is 5.02 Å². The Kier molecular flexibility index (Phi) is 5.79. The van der Waals surface area contributed by atoms with Crippen LogP contribution in [0.25, 0.3) is 6.08 Å². The van der Waals surface area contributed by atoms with Crippen molar-refractivity contribution in [3.63, 3.8) is 0 Å². The number of halogens is 1. The number of rotatable bonds is 5. The summed E-state index contributed by atoms with van der Waals surface area (Å²) in [5.74, 6) is -0.148. The fraction of sp³-hybridized carbons (Fsp3) is 0.316. The van der Waals surface area contributed by atoms with Gasteiger partial charge in [-0.2, -0.15) is 0 Å². The number of nitrogens with zero attached hydrogens (tertiary/aromatic N) is 2. The minimum Gasteiger partial charge on any atom is -0.381 e. The van der Waals surface area contributed by atoms with Crippen LogP contribution in [0, 0.1) is 0 Å². The molecule has 0 unspecified atom stereocenters. The average Bonchev–Trinajstić information content (AvgIpc) is 2.67. The van der Waals surface area contributed by atoms with Crippen molar-refractivity contribution in [3.8, 4) is 0 Å². The molecule has 1 aliphatic heterocycles. The van der Waals surface area contributed by atoms with Gasteiger partial charge in [-0.25, -0.2) is 0 Å². The molecule has 1 aliphatic rings. The van der Waals surface area contributed by atoms with Gasteiger partial charge in [0.1, 0.15) is 0 Å². The normalized spacial score (nSPS) is 16.7. The Morgan fingerprint density at radius 1 is 1.24 bits per heavy atom. The van der Waals surface area contributed by atoms with Crippen LogP contribution in [-0.2, 0) is 14.9 Å². The molecule has 1 N–H and O–H groups in total. The molecule has 0 saturated carbocycles. The van der Waals surface area contributed by atoms with Crippen molar-refractivity contribution < 1.29 is 9.53 Å². The Labute approximate surface area is 152 Å². The van der Waals surface area contributed by atoms with Crippen LogP contribution in [0.4, 0.5) is 0 Å². The van der Waals surface area contributed by atoms with Crippen molar-refractivity contribution in [2.45, 2.75) is 18.3 Å². The number of ether oxygens (including phenoxy) is 1. The molecule has 5 nitrogen and oxygen atoms in total. The van der Waals surface area contributed by atoms with E-state index >= 15 is 0 Å². The van der Waals surface area contributed by atoms with E-state index in [0.717, 1.165) is 12.8 Å². The maximum atomic E-state index is 12.2. The Morgan fingerprint density at radius 3 is 2.68 bits per heavy atom. The van der Waals surface area contributed by atoms with Gasteiger partial charge >= 0.3 is 0 Å². The molecule has 1 amide bonds. The summed E-state index contributed by atoms with van der Waals surface area (Å²) >= 11 is 6.01. The molecule has 0 bridgehead atoms. The number of carbonyl (C=O) groups is 1. The molecular weight excluding hydrogens is 338 g/mol. The first kappa shape index (κ1) is 17.6. The summed E-state index contributed by atoms with van der Waals surface area (Å²) in [4.78, 5) is 20.3. The molecule has 3 rings (SSSR count). The lowest BCUT2D eigenvalue weighted by Crippen LogP contribution is -2.44. The maximum Gasteiger partial charge on any atom is 0.244 e. The molecule has 130 valence electrons. The van der Waals surface area contributed by atoms with Gasteiger partial charge in [0, 0.05) is 48.7 Å². The predicted molar refractivity (Wildman–Crippen MR) is 97.3 cm³/mol. The highest BCUT2D eigenvalue weighted by atomic mass is 35.5. The highest BCUT2D eigenvalue weighted by molar-refractivity contribution is 6.30. The van der Waals surface area contributed by atoms with Crippen molar-refractivity contribution in [2.75, 3.05) is 19.8 Å². The van der Waals surface area contributed by atoms with Crippen molar-refractivity contribution in [1.29, 1.82) is 0 Å². The largest absolute Gasteiger partial charge is 0.381 e. The van der Waals surface area contributed by atoms with Gasteiger partial charge in [-0.05, 0) is 36.6 Å². The van der Waals surface area contributed by atoms with Gasteiger partial charge in [0.05, 0.1) is 11.9 Å². The smallest absolute Gasteiger partial charge is 0.244 e. The van der Waals surface area contributed by atoms with E-state index in [4.69, 9.17) is 16.3 Å². The van der Waals surface area contributed by atoms with Gasteiger partial charge in [-0.1, -0.05) is 23.7 Å². The van der Waals surface area contributed by atoms with E-state index in [1.807, 2.05) is 24.3 Å². The molecule has 0 atom stereocenters. The molecule has 0 radical (unpaired) electrons. The Morgan fingerprint density at radius 2 is 2.00 bits per heavy atom. The molecule has 0 aliphatic carbocycles. The third kappa shape index (κ3) is 4.65. The first-order valence-corrected chi connectivity index (χ1v) is 8.61. The number of nitrogens with one attached hydrogen (secondary N) is 1. The van der Waals surface area contributed by atoms with Crippen molar-refractivity contribution in [2.24, 2.45) is 0 Å². The zero-order valence-corrected chi connectivity index (χ0v) is 14.6. The summed E-state index contributed by atoms with van der Waals surface area (Å²) in [6.45, 7) is 1.93. The summed E-state index contributed by atoms with van der Waals surface area (Å²) in [6.07, 6.45) is 9.66. The molecule has 25 heavy (non-hydrogen) atoms. The van der Waals surface area contributed by atoms with Crippen molar-refractivity contribution in [1.82, 2.24) is 15.3 Å². The zero-order chi connectivity index (χ0) is 17.5. The van der Waals surface area contributed by atoms with E-state index in [1.165, 1.54) is 11.6 Å². The average molecular weight is 358 g/mol. The number of hydrogen-bond acceptors (Lipinski definition) is 4. The number of aromatic nitrogens is 2. The highest BCUT2D eigenvalue weighted by Crippen LogP contribution is 2.34. The molecule has 2 heterocycles. The molecule has 1 aromatic carbocycles. The summed E-state index contributed by atoms with van der Waals surface area (Å²) in [6, 6.07) is 7.86. The molecule has 1 fully saturated rings. The summed E-state index contributed by atoms with van der Waals surface area (Å²) < 4.78 is 5.51. The predicted octanol–water partition coefficient (Wildman–Crippen LogP) is 3.01. The van der Waals surface area contributed by atoms with Gasteiger partial charge < -0.3 is 10.1 Å². The molecule has 6 heteroatoms. The number of hydrogen-bond donors (Lipinski definition) is 1. The number of amides is 1. The van der Waals surface area contributed by atoms with Gasteiger partial charge in [0.25, 0.3) is 0 Å². The number of benzene rings is 1. The fourth-order valence-electron chi connectivity index (χ4n) is 3.01. The molecule has 2 aromatic rings. The molecular formula is C19H20ClN3O2. The van der Waals surface area contributed by atoms with E-state index in [2.05, 4.69) is 15.3 Å². The van der Waals surface area contributed by atoms with Gasteiger partial charge in [0.15, 0.2) is 0 Å². The van der Waals surface area contributed by atoms with Crippen LogP contribution >= 0.6 is 11.6 Å². The minimum absolute atomic E-state index is 0.126. The van der Waals surface area contributed by atoms with Crippen molar-refractivity contribution in [3.05, 3.63) is 65.2 Å². The lowest BCUT2D eigenvalue weighted by atomic mass is 9.74. The second-order valence-corrected chi connectivity index (χ2v) is 6.52. The van der Waals surface area contributed by atoms with E-state index in [9.17, 15) is 4.79 Å². The van der Waals surface area contributed by atoms with Crippen LogP contribution in [0.1, 0.15) is 24.1 Å². The van der Waals surface area contributed by atoms with Gasteiger partial charge in [0.2, 0.25) is 5.91 Å². The van der Waals surface area contributed by atoms with Crippen molar-refractivity contribution >= 4 is 23.6 Å². The molecule has 0 spiro atoms. The lowest BCUT2D eigenvalue weighted by molar-refractivity contribution is -0.116. The third-order valence-electron chi connectivity index (χ3n) is 4.50. The standard InChI is InChI=1S/C19H20ClN3O2/c20-16-3-1-15(2-4-16)19(7-11-25-12-8-19)14-23-18(24)6-5-17-13-21-9-10-22-17/h1-6,9-10,13H,7-8,11-12,14H2,(H,23,24). The zero-order valence-electron chi connectivity index (χ0n) is 13.8. The fourth-order valence-corrected chi connectivity index (χ4v) is 3.13. The highest BCUT2D eigenvalue weighted by Gasteiger charge is 2.34. The third-order valence-corrected chi connectivity index (χ3v) is 4.75. The monoisotopic (exact) mass is 357 g/mol. The summed E-state index contributed by atoms with van der Waals surface area (Å²) in [5.41, 5.74) is 1.70. The maximum absolute atomic E-state index is 12.2. The van der Waals surface area contributed by atoms with E-state index in [-0.39, 0.29) is 11.3 Å². The first-order valence-electron chi connectivity index (χ1n) is 8.24. The van der Waals surface area contributed by atoms with Crippen LogP contribution in [-0.4, -0.2) is 35.6 Å². The van der Waals surface area contributed by atoms with Crippen LogP contribution in [0.15, 0.2) is 48.9 Å². The van der Waals surface area contributed by atoms with Crippen LogP contribution < -0.4 is 5.32 Å². The molecule has 1 saturated heterocycles. The summed E-state index contributed by atoms with van der Waals surface area (Å²) in [7, 11) is 0. The minimum atomic E-state index is -0.148. The van der Waals surface area contributed by atoms with Crippen LogP contribution in [0.3, 0.4) is 0 Å². The second-order valence-electron chi connectivity index (χ2n) is 6.08. The Balaban J connectivity index is 1.67. The summed E-state index contributed by atoms with van der Waals surface area (Å²) in [5, 5.41) is 3.72. The number of carbonyl (C=O) groups excluding carboxylic acids is 1. The van der Waals surface area contributed by atoms with E-state index in [1.54, 1.807) is 24.7 Å². The lowest BCUT2D eigenvalue weighted by Gasteiger charge is -2.37. The topological polar surface area (TPSA) is 64.1 Å². The second kappa shape index (κ2) is 8.23. The van der Waals surface area contributed by atoms with Gasteiger partial charge in [-0.3, -0.25) is 14.8 Å². The van der Waals surface area contributed by atoms with Gasteiger partial charge in [-0.15, -0.1) is 0 Å². The van der Waals surface area contributed by atoms with Crippen LogP contribution in [0.5, 0.6) is 0 Å². The van der Waals surface area contributed by atoms with E-state index in [0.29, 0.717) is 30.5 Å². The van der Waals surface area contributed by atoms with E-state index < -0.39 is 0 Å². The molecule has 1 aromatic heterocycles. The first-order chi connectivity index (χ1) is 12.2. The Bertz CT molecular complexity index is 726. The SMILES string of the molecule is O=C(C=Cc1cnccn1)NCC1(c2ccc(Cl)cc2)CCOCC1.